The lowest BCUT2D eigenvalue weighted by Crippen LogP contribution is -2.53. The van der Waals surface area contributed by atoms with E-state index in [1.54, 1.807) is 12.1 Å². The fourth-order valence-electron chi connectivity index (χ4n) is 6.66. The minimum absolute atomic E-state index is 0.263. The summed E-state index contributed by atoms with van der Waals surface area (Å²) in [6, 6.07) is 20.5. The van der Waals surface area contributed by atoms with Crippen LogP contribution in [0.3, 0.4) is 0 Å². The van der Waals surface area contributed by atoms with E-state index >= 15 is 0 Å². The molecule has 3 aliphatic heterocycles. The number of aryl methyl sites for hydroxylation is 1. The molecule has 3 amide bonds. The molecule has 0 aliphatic carbocycles. The first-order valence-electron chi connectivity index (χ1n) is 12.6. The van der Waals surface area contributed by atoms with Gasteiger partial charge >= 0.3 is 0 Å². The summed E-state index contributed by atoms with van der Waals surface area (Å²) in [4.78, 5) is 46.6. The lowest BCUT2D eigenvalue weighted by Gasteiger charge is -2.29. The molecular weight excluding hydrogens is 464 g/mol. The molecule has 3 aromatic carbocycles. The highest BCUT2D eigenvalue weighted by molar-refractivity contribution is 6.26. The summed E-state index contributed by atoms with van der Waals surface area (Å²) in [5, 5.41) is 7.69. The Hall–Kier alpha value is -4.23. The van der Waals surface area contributed by atoms with Crippen LogP contribution in [0.1, 0.15) is 22.3 Å². The molecule has 0 radical (unpaired) electrons. The number of aromatic amines is 1. The van der Waals surface area contributed by atoms with Gasteiger partial charge in [0, 0.05) is 34.4 Å². The van der Waals surface area contributed by atoms with Crippen molar-refractivity contribution >= 4 is 40.0 Å². The van der Waals surface area contributed by atoms with Crippen molar-refractivity contribution in [1.82, 2.24) is 10.3 Å². The van der Waals surface area contributed by atoms with Crippen molar-refractivity contribution in [3.63, 3.8) is 0 Å². The van der Waals surface area contributed by atoms with Crippen molar-refractivity contribution < 1.29 is 14.4 Å². The highest BCUT2D eigenvalue weighted by Gasteiger charge is 2.70. The van der Waals surface area contributed by atoms with Crippen LogP contribution in [0.15, 0.2) is 72.9 Å². The standard InChI is InChI=1S/C30H26N4O3/c1-16-12-13-21-26(17(16)2)32-29(37)30(21)25-24(27(35)34(28(25)36)19-8-4-3-5-9-19)23(33-30)14-18-15-31-22-11-7-6-10-20(18)22/h3-13,15,23-25,31,33H,14H2,1-2H3,(H,32,37)/t23-,24+,25-,30-/m0/s1. The Morgan fingerprint density at radius 3 is 2.46 bits per heavy atom. The molecule has 3 N–H and O–H groups in total. The van der Waals surface area contributed by atoms with E-state index in [0.717, 1.165) is 38.8 Å². The molecule has 184 valence electrons. The van der Waals surface area contributed by atoms with Crippen LogP contribution in [-0.2, 0) is 26.3 Å². The van der Waals surface area contributed by atoms with Crippen molar-refractivity contribution in [2.75, 3.05) is 10.2 Å². The first kappa shape index (κ1) is 22.0. The van der Waals surface area contributed by atoms with Crippen LogP contribution in [-0.4, -0.2) is 28.7 Å². The third-order valence-electron chi connectivity index (χ3n) is 8.55. The number of hydrogen-bond donors (Lipinski definition) is 3. The maximum atomic E-state index is 14.1. The number of carbonyl (C=O) groups is 3. The third-order valence-corrected chi connectivity index (χ3v) is 8.55. The molecular formula is C30H26N4O3. The fourth-order valence-corrected chi connectivity index (χ4v) is 6.66. The van der Waals surface area contributed by atoms with Gasteiger partial charge in [0.1, 0.15) is 5.54 Å². The summed E-state index contributed by atoms with van der Waals surface area (Å²) in [5.41, 5.74) is 4.78. The second-order valence-electron chi connectivity index (χ2n) is 10.4. The number of imide groups is 1. The maximum Gasteiger partial charge on any atom is 0.250 e. The van der Waals surface area contributed by atoms with Gasteiger partial charge in [-0.2, -0.15) is 0 Å². The molecule has 0 unspecified atom stereocenters. The number of para-hydroxylation sites is 2. The Morgan fingerprint density at radius 1 is 0.892 bits per heavy atom. The fraction of sp³-hybridized carbons (Fsp3) is 0.233. The number of H-pyrrole nitrogens is 1. The zero-order chi connectivity index (χ0) is 25.5. The minimum Gasteiger partial charge on any atom is -0.361 e. The minimum atomic E-state index is -1.31. The molecule has 4 aromatic rings. The Labute approximate surface area is 213 Å². The lowest BCUT2D eigenvalue weighted by atomic mass is 9.75. The quantitative estimate of drug-likeness (QED) is 0.379. The van der Waals surface area contributed by atoms with E-state index in [0.29, 0.717) is 12.1 Å². The van der Waals surface area contributed by atoms with E-state index in [4.69, 9.17) is 0 Å². The van der Waals surface area contributed by atoms with Gasteiger partial charge in [-0.3, -0.25) is 19.7 Å². The van der Waals surface area contributed by atoms with E-state index in [1.165, 1.54) is 4.90 Å². The van der Waals surface area contributed by atoms with Crippen LogP contribution in [0.2, 0.25) is 0 Å². The Morgan fingerprint density at radius 2 is 1.65 bits per heavy atom. The monoisotopic (exact) mass is 490 g/mol. The van der Waals surface area contributed by atoms with Crippen molar-refractivity contribution in [2.24, 2.45) is 11.8 Å². The number of benzene rings is 3. The van der Waals surface area contributed by atoms with Gasteiger partial charge < -0.3 is 10.3 Å². The zero-order valence-electron chi connectivity index (χ0n) is 20.5. The predicted octanol–water partition coefficient (Wildman–Crippen LogP) is 3.95. The summed E-state index contributed by atoms with van der Waals surface area (Å²) in [7, 11) is 0. The van der Waals surface area contributed by atoms with Gasteiger partial charge in [-0.25, -0.2) is 4.90 Å². The van der Waals surface area contributed by atoms with Gasteiger partial charge in [0.15, 0.2) is 0 Å². The molecule has 7 heteroatoms. The van der Waals surface area contributed by atoms with Crippen LogP contribution in [0.5, 0.6) is 0 Å². The predicted molar refractivity (Wildman–Crippen MR) is 141 cm³/mol. The third kappa shape index (κ3) is 2.83. The second kappa shape index (κ2) is 7.63. The highest BCUT2D eigenvalue weighted by Crippen LogP contribution is 2.54. The molecule has 7 nitrogen and oxygen atoms in total. The van der Waals surface area contributed by atoms with Crippen molar-refractivity contribution in [1.29, 1.82) is 0 Å². The summed E-state index contributed by atoms with van der Waals surface area (Å²) < 4.78 is 0. The molecule has 4 atom stereocenters. The first-order valence-corrected chi connectivity index (χ1v) is 12.6. The molecule has 0 bridgehead atoms. The first-order chi connectivity index (χ1) is 17.9. The topological polar surface area (TPSA) is 94.3 Å². The number of amides is 3. The molecule has 7 rings (SSSR count). The van der Waals surface area contributed by atoms with Crippen LogP contribution >= 0.6 is 0 Å². The van der Waals surface area contributed by atoms with Gasteiger partial charge in [-0.1, -0.05) is 48.5 Å². The van der Waals surface area contributed by atoms with E-state index in [1.807, 2.05) is 74.6 Å². The zero-order valence-corrected chi connectivity index (χ0v) is 20.5. The number of aromatic nitrogens is 1. The maximum absolute atomic E-state index is 14.1. The van der Waals surface area contributed by atoms with Gasteiger partial charge in [-0.15, -0.1) is 0 Å². The number of carbonyl (C=O) groups excluding carboxylic acids is 3. The van der Waals surface area contributed by atoms with E-state index in [9.17, 15) is 14.4 Å². The normalized spacial score (nSPS) is 26.3. The van der Waals surface area contributed by atoms with Crippen molar-refractivity contribution in [3.05, 3.63) is 95.2 Å². The molecule has 0 saturated carbocycles. The number of hydrogen-bond acceptors (Lipinski definition) is 4. The SMILES string of the molecule is Cc1ccc2c(c1C)NC(=O)[C@]21N[C@@H](Cc2c[nH]c3ccccc23)[C@H]2C(=O)N(c3ccccc3)C(=O)[C@H]21. The highest BCUT2D eigenvalue weighted by atomic mass is 16.2. The molecule has 1 spiro atoms. The van der Waals surface area contributed by atoms with Gasteiger partial charge in [0.25, 0.3) is 0 Å². The Kier molecular flexibility index (Phi) is 4.54. The van der Waals surface area contributed by atoms with E-state index in [2.05, 4.69) is 15.6 Å². The number of fused-ring (bicyclic) bond motifs is 5. The summed E-state index contributed by atoms with van der Waals surface area (Å²) in [6.45, 7) is 3.97. The summed E-state index contributed by atoms with van der Waals surface area (Å²) in [6.07, 6.45) is 2.46. The lowest BCUT2D eigenvalue weighted by molar-refractivity contribution is -0.130. The number of anilines is 2. The molecule has 4 heterocycles. The summed E-state index contributed by atoms with van der Waals surface area (Å²) in [5.74, 6) is -2.40. The largest absolute Gasteiger partial charge is 0.361 e. The average molecular weight is 491 g/mol. The Balaban J connectivity index is 1.40. The van der Waals surface area contributed by atoms with Crippen molar-refractivity contribution in [3.8, 4) is 0 Å². The molecule has 2 fully saturated rings. The van der Waals surface area contributed by atoms with E-state index in [-0.39, 0.29) is 17.7 Å². The molecule has 37 heavy (non-hydrogen) atoms. The number of nitrogens with zero attached hydrogens (tertiary/aromatic N) is 1. The second-order valence-corrected chi connectivity index (χ2v) is 10.4. The average Bonchev–Trinajstić information content (AvgIpc) is 3.61. The van der Waals surface area contributed by atoms with E-state index < -0.39 is 23.4 Å². The molecule has 2 saturated heterocycles. The van der Waals surface area contributed by atoms with Crippen molar-refractivity contribution in [2.45, 2.75) is 31.8 Å². The Bertz CT molecular complexity index is 1620. The molecule has 1 aromatic heterocycles. The smallest absolute Gasteiger partial charge is 0.250 e. The number of rotatable bonds is 3. The summed E-state index contributed by atoms with van der Waals surface area (Å²) >= 11 is 0. The van der Waals surface area contributed by atoms with Crippen LogP contribution in [0, 0.1) is 25.7 Å². The van der Waals surface area contributed by atoms with Crippen LogP contribution < -0.4 is 15.5 Å². The van der Waals surface area contributed by atoms with Gasteiger partial charge in [-0.05, 0) is 55.2 Å². The van der Waals surface area contributed by atoms with Gasteiger partial charge in [0.05, 0.1) is 17.5 Å². The van der Waals surface area contributed by atoms with Crippen LogP contribution in [0.4, 0.5) is 11.4 Å². The van der Waals surface area contributed by atoms with Crippen LogP contribution in [0.25, 0.3) is 10.9 Å². The van der Waals surface area contributed by atoms with Gasteiger partial charge in [0.2, 0.25) is 17.7 Å². The number of nitrogens with one attached hydrogen (secondary N) is 3. The molecule has 3 aliphatic rings.